The summed E-state index contributed by atoms with van der Waals surface area (Å²) in [6.45, 7) is 1.91. The molecule has 0 bridgehead atoms. The average molecular weight is 493 g/mol. The molecule has 0 aliphatic carbocycles. The van der Waals surface area contributed by atoms with E-state index in [1.54, 1.807) is 37.3 Å². The van der Waals surface area contributed by atoms with Gasteiger partial charge in [-0.1, -0.05) is 24.3 Å². The minimum Gasteiger partial charge on any atom is -0.478 e. The van der Waals surface area contributed by atoms with Crippen molar-refractivity contribution in [2.45, 2.75) is 20.0 Å². The Hall–Kier alpha value is -4.17. The fourth-order valence-electron chi connectivity index (χ4n) is 3.49. The van der Waals surface area contributed by atoms with E-state index in [9.17, 15) is 18.8 Å². The molecule has 0 fully saturated rings. The first-order valence-electron chi connectivity index (χ1n) is 10.5. The lowest BCUT2D eigenvalue weighted by molar-refractivity contribution is 0.0695. The molecule has 11 heteroatoms. The molecule has 9 nitrogen and oxygen atoms in total. The van der Waals surface area contributed by atoms with Crippen molar-refractivity contribution in [1.29, 1.82) is 0 Å². The number of carboxylic acid groups (broad SMARTS) is 1. The quantitative estimate of drug-likeness (QED) is 0.339. The molecule has 3 N–H and O–H groups in total. The fraction of sp³-hybridized carbons (Fsp3) is 0.125. The maximum atomic E-state index is 13.8. The van der Waals surface area contributed by atoms with Gasteiger partial charge in [-0.15, -0.1) is 9.24 Å². The van der Waals surface area contributed by atoms with E-state index < -0.39 is 23.6 Å². The van der Waals surface area contributed by atoms with Crippen molar-refractivity contribution in [2.75, 3.05) is 0 Å². The molecule has 1 atom stereocenters. The van der Waals surface area contributed by atoms with E-state index >= 15 is 0 Å². The number of hydrogen-bond acceptors (Lipinski definition) is 5. The Bertz CT molecular complexity index is 1470. The summed E-state index contributed by atoms with van der Waals surface area (Å²) in [6, 6.07) is 12.3. The van der Waals surface area contributed by atoms with Gasteiger partial charge >= 0.3 is 5.97 Å². The Labute approximate surface area is 201 Å². The summed E-state index contributed by atoms with van der Waals surface area (Å²) in [6.07, 6.45) is 1.46. The van der Waals surface area contributed by atoms with E-state index in [1.165, 1.54) is 28.9 Å². The van der Waals surface area contributed by atoms with Crippen LogP contribution in [0, 0.1) is 12.7 Å². The second-order valence-electron chi connectivity index (χ2n) is 7.80. The first-order valence-corrected chi connectivity index (χ1v) is 11.1. The molecule has 0 radical (unpaired) electrons. The molecule has 4 rings (SSSR count). The molecule has 0 saturated heterocycles. The lowest BCUT2D eigenvalue weighted by Crippen LogP contribution is -2.28. The monoisotopic (exact) mass is 493 g/mol. The van der Waals surface area contributed by atoms with Crippen LogP contribution in [0.4, 0.5) is 4.39 Å². The van der Waals surface area contributed by atoms with Gasteiger partial charge in [-0.3, -0.25) is 9.59 Å². The van der Waals surface area contributed by atoms with Crippen LogP contribution in [0.25, 0.3) is 5.65 Å². The number of benzene rings is 2. The predicted molar refractivity (Wildman–Crippen MR) is 129 cm³/mol. The largest absolute Gasteiger partial charge is 0.478 e. The zero-order chi connectivity index (χ0) is 25.1. The number of aromatic carboxylic acids is 1. The van der Waals surface area contributed by atoms with Crippen molar-refractivity contribution < 1.29 is 23.9 Å². The first-order chi connectivity index (χ1) is 16.7. The van der Waals surface area contributed by atoms with Gasteiger partial charge in [0.1, 0.15) is 17.2 Å². The number of aryl methyl sites for hydroxylation is 1. The summed E-state index contributed by atoms with van der Waals surface area (Å²) in [7, 11) is 2.29. The molecule has 4 aromatic rings. The van der Waals surface area contributed by atoms with Gasteiger partial charge in [-0.05, 0) is 35.7 Å². The fourth-order valence-corrected chi connectivity index (χ4v) is 3.67. The van der Waals surface area contributed by atoms with E-state index in [0.717, 1.165) is 0 Å². The van der Waals surface area contributed by atoms with Crippen LogP contribution in [-0.4, -0.2) is 37.5 Å². The molecule has 2 heterocycles. The number of carbonyl (C=O) groups excluding carboxylic acids is 2. The smallest absolute Gasteiger partial charge is 0.335 e. The van der Waals surface area contributed by atoms with Crippen LogP contribution in [0.5, 0.6) is 0 Å². The standard InChI is InChI=1S/C24H21FN5O4P/c1-13-8-14(2-4-16(13)24(33)34)11-27-23(32)19-10-18(29-21-6-7-28-30(19)21)22(31)26-12-15-3-5-20(35)17(25)9-15/h2-10H,11-12,35H2,1H3,(H,26,31)(H,27,32)(H,33,34). The molecule has 0 aliphatic rings. The third kappa shape index (κ3) is 5.33. The average Bonchev–Trinajstić information content (AvgIpc) is 3.31. The highest BCUT2D eigenvalue weighted by Gasteiger charge is 2.18. The summed E-state index contributed by atoms with van der Waals surface area (Å²) in [4.78, 5) is 41.1. The molecular formula is C24H21FN5O4P. The van der Waals surface area contributed by atoms with Crippen LogP contribution < -0.4 is 15.9 Å². The Balaban J connectivity index is 1.50. The topological polar surface area (TPSA) is 126 Å². The van der Waals surface area contributed by atoms with Gasteiger partial charge in [0.05, 0.1) is 11.8 Å². The van der Waals surface area contributed by atoms with Crippen molar-refractivity contribution >= 4 is 38.0 Å². The highest BCUT2D eigenvalue weighted by Crippen LogP contribution is 2.13. The van der Waals surface area contributed by atoms with Gasteiger partial charge in [-0.25, -0.2) is 18.7 Å². The van der Waals surface area contributed by atoms with Crippen molar-refractivity contribution in [3.05, 3.63) is 94.2 Å². The summed E-state index contributed by atoms with van der Waals surface area (Å²) < 4.78 is 15.1. The SMILES string of the molecule is Cc1cc(CNC(=O)c2cc(C(=O)NCc3ccc(P)c(F)c3)nc3ccnn23)ccc1C(=O)O. The minimum absolute atomic E-state index is 0.00736. The normalized spacial score (nSPS) is 10.8. The van der Waals surface area contributed by atoms with Crippen LogP contribution in [0.3, 0.4) is 0 Å². The summed E-state index contributed by atoms with van der Waals surface area (Å²) >= 11 is 0. The summed E-state index contributed by atoms with van der Waals surface area (Å²) in [5.74, 6) is -2.44. The van der Waals surface area contributed by atoms with Gasteiger partial charge in [0.25, 0.3) is 11.8 Å². The van der Waals surface area contributed by atoms with Crippen LogP contribution in [0.2, 0.25) is 0 Å². The molecule has 0 spiro atoms. The van der Waals surface area contributed by atoms with Crippen LogP contribution in [0.1, 0.15) is 48.0 Å². The number of nitrogens with zero attached hydrogens (tertiary/aromatic N) is 3. The third-order valence-electron chi connectivity index (χ3n) is 5.32. The van der Waals surface area contributed by atoms with Crippen LogP contribution >= 0.6 is 9.24 Å². The molecule has 2 amide bonds. The van der Waals surface area contributed by atoms with Crippen LogP contribution in [-0.2, 0) is 13.1 Å². The summed E-state index contributed by atoms with van der Waals surface area (Å²) in [5.41, 5.74) is 2.48. The van der Waals surface area contributed by atoms with E-state index in [1.807, 2.05) is 0 Å². The lowest BCUT2D eigenvalue weighted by Gasteiger charge is -2.11. The Morgan fingerprint density at radius 3 is 2.37 bits per heavy atom. The van der Waals surface area contributed by atoms with Gasteiger partial charge in [-0.2, -0.15) is 5.10 Å². The maximum Gasteiger partial charge on any atom is 0.335 e. The van der Waals surface area contributed by atoms with Crippen molar-refractivity contribution in [2.24, 2.45) is 0 Å². The highest BCUT2D eigenvalue weighted by atomic mass is 31.0. The molecule has 2 aromatic carbocycles. The van der Waals surface area contributed by atoms with Gasteiger partial charge in [0, 0.05) is 30.5 Å². The molecular weight excluding hydrogens is 472 g/mol. The zero-order valence-electron chi connectivity index (χ0n) is 18.6. The molecule has 2 aromatic heterocycles. The number of nitrogens with one attached hydrogen (secondary N) is 2. The second kappa shape index (κ2) is 9.99. The zero-order valence-corrected chi connectivity index (χ0v) is 19.7. The van der Waals surface area contributed by atoms with Gasteiger partial charge in [0.2, 0.25) is 0 Å². The second-order valence-corrected chi connectivity index (χ2v) is 8.43. The maximum absolute atomic E-state index is 13.8. The van der Waals surface area contributed by atoms with E-state index in [0.29, 0.717) is 27.6 Å². The van der Waals surface area contributed by atoms with Crippen molar-refractivity contribution in [3.63, 3.8) is 0 Å². The molecule has 178 valence electrons. The number of amides is 2. The molecule has 1 unspecified atom stereocenters. The first kappa shape index (κ1) is 24.0. The van der Waals surface area contributed by atoms with Gasteiger partial charge in [0.15, 0.2) is 5.65 Å². The molecule has 0 saturated carbocycles. The predicted octanol–water partition coefficient (Wildman–Crippen LogP) is 2.24. The van der Waals surface area contributed by atoms with Crippen molar-refractivity contribution in [3.8, 4) is 0 Å². The molecule has 0 aliphatic heterocycles. The number of rotatable bonds is 7. The number of carbonyl (C=O) groups is 3. The van der Waals surface area contributed by atoms with E-state index in [-0.39, 0.29) is 30.0 Å². The van der Waals surface area contributed by atoms with Crippen LogP contribution in [0.15, 0.2) is 54.7 Å². The Morgan fingerprint density at radius 1 is 1.00 bits per heavy atom. The molecule has 35 heavy (non-hydrogen) atoms. The third-order valence-corrected chi connectivity index (χ3v) is 5.79. The number of fused-ring (bicyclic) bond motifs is 1. The number of halogens is 1. The summed E-state index contributed by atoms with van der Waals surface area (Å²) in [5, 5.41) is 19.1. The minimum atomic E-state index is -1.02. The van der Waals surface area contributed by atoms with Gasteiger partial charge < -0.3 is 15.7 Å². The number of aromatic nitrogens is 3. The van der Waals surface area contributed by atoms with Crippen molar-refractivity contribution in [1.82, 2.24) is 25.2 Å². The Kier molecular flexibility index (Phi) is 6.84. The number of hydrogen-bond donors (Lipinski definition) is 3. The Morgan fingerprint density at radius 2 is 1.69 bits per heavy atom. The lowest BCUT2D eigenvalue weighted by atomic mass is 10.1. The number of carboxylic acids is 1. The highest BCUT2D eigenvalue weighted by molar-refractivity contribution is 7.27. The van der Waals surface area contributed by atoms with E-state index in [2.05, 4.69) is 30.0 Å². The van der Waals surface area contributed by atoms with E-state index in [4.69, 9.17) is 5.11 Å².